The second kappa shape index (κ2) is 11.3. The van der Waals surface area contributed by atoms with E-state index in [1.54, 1.807) is 0 Å². The normalized spacial score (nSPS) is 10.9. The summed E-state index contributed by atoms with van der Waals surface area (Å²) in [6, 6.07) is 6.61. The second-order valence-electron chi connectivity index (χ2n) is 5.74. The maximum atomic E-state index is 3.59. The molecule has 0 aliphatic rings. The number of benzene rings is 1. The molecular weight excluding hydrogens is 310 g/mol. The maximum Gasteiger partial charge on any atom is 0.0207 e. The molecule has 0 unspecified atom stereocenters. The van der Waals surface area contributed by atoms with Crippen LogP contribution in [-0.2, 0) is 6.54 Å². The van der Waals surface area contributed by atoms with Gasteiger partial charge in [-0.2, -0.15) is 0 Å². The summed E-state index contributed by atoms with van der Waals surface area (Å²) >= 11 is 3.59. The van der Waals surface area contributed by atoms with Crippen LogP contribution in [0.4, 0.5) is 0 Å². The predicted octanol–water partition coefficient (Wildman–Crippen LogP) is 5.99. The highest BCUT2D eigenvalue weighted by atomic mass is 79.9. The summed E-state index contributed by atoms with van der Waals surface area (Å²) in [5, 5.41) is 3.54. The molecule has 1 aromatic rings. The van der Waals surface area contributed by atoms with Crippen LogP contribution in [-0.4, -0.2) is 6.54 Å². The first kappa shape index (κ1) is 17.7. The lowest BCUT2D eigenvalue weighted by Gasteiger charge is -2.07. The minimum atomic E-state index is 0.982. The number of halogens is 1. The van der Waals surface area contributed by atoms with Crippen LogP contribution < -0.4 is 5.32 Å². The Balaban J connectivity index is 1.95. The first-order chi connectivity index (χ1) is 9.74. The van der Waals surface area contributed by atoms with Gasteiger partial charge < -0.3 is 5.32 Å². The molecule has 114 valence electrons. The molecule has 0 amide bonds. The third kappa shape index (κ3) is 8.06. The van der Waals surface area contributed by atoms with E-state index >= 15 is 0 Å². The van der Waals surface area contributed by atoms with Crippen molar-refractivity contribution in [3.05, 3.63) is 33.8 Å². The van der Waals surface area contributed by atoms with Crippen molar-refractivity contribution in [3.63, 3.8) is 0 Å². The third-order valence-corrected chi connectivity index (χ3v) is 4.63. The summed E-state index contributed by atoms with van der Waals surface area (Å²) in [6.45, 7) is 6.52. The van der Waals surface area contributed by atoms with Gasteiger partial charge in [0.2, 0.25) is 0 Å². The van der Waals surface area contributed by atoms with Crippen LogP contribution in [0.3, 0.4) is 0 Å². The number of nitrogens with one attached hydrogen (secondary N) is 1. The lowest BCUT2D eigenvalue weighted by Crippen LogP contribution is -2.14. The monoisotopic (exact) mass is 339 g/mol. The quantitative estimate of drug-likeness (QED) is 0.488. The minimum absolute atomic E-state index is 0.982. The van der Waals surface area contributed by atoms with E-state index in [9.17, 15) is 0 Å². The van der Waals surface area contributed by atoms with Gasteiger partial charge in [0, 0.05) is 11.0 Å². The zero-order valence-electron chi connectivity index (χ0n) is 13.2. The van der Waals surface area contributed by atoms with Gasteiger partial charge in [0.05, 0.1) is 0 Å². The van der Waals surface area contributed by atoms with Crippen LogP contribution in [0, 0.1) is 6.92 Å². The van der Waals surface area contributed by atoms with Crippen molar-refractivity contribution in [2.45, 2.75) is 71.8 Å². The van der Waals surface area contributed by atoms with E-state index in [1.165, 1.54) is 67.0 Å². The van der Waals surface area contributed by atoms with Gasteiger partial charge >= 0.3 is 0 Å². The van der Waals surface area contributed by atoms with Gasteiger partial charge in [-0.05, 0) is 37.1 Å². The molecule has 20 heavy (non-hydrogen) atoms. The largest absolute Gasteiger partial charge is 0.313 e. The lowest BCUT2D eigenvalue weighted by atomic mass is 10.1. The summed E-state index contributed by atoms with van der Waals surface area (Å²) in [5.74, 6) is 0. The van der Waals surface area contributed by atoms with Crippen LogP contribution in [0.1, 0.15) is 69.4 Å². The Morgan fingerprint density at radius 2 is 1.60 bits per heavy atom. The van der Waals surface area contributed by atoms with Crippen molar-refractivity contribution in [3.8, 4) is 0 Å². The molecule has 1 rings (SSSR count). The number of hydrogen-bond acceptors (Lipinski definition) is 1. The average Bonchev–Trinajstić information content (AvgIpc) is 2.45. The summed E-state index contributed by atoms with van der Waals surface area (Å²) in [4.78, 5) is 0. The zero-order valence-corrected chi connectivity index (χ0v) is 14.8. The van der Waals surface area contributed by atoms with Crippen molar-refractivity contribution in [2.75, 3.05) is 6.54 Å². The fourth-order valence-corrected chi connectivity index (χ4v) is 2.79. The van der Waals surface area contributed by atoms with Gasteiger partial charge in [-0.1, -0.05) is 79.9 Å². The van der Waals surface area contributed by atoms with Crippen molar-refractivity contribution >= 4 is 15.9 Å². The number of rotatable bonds is 11. The SMILES string of the molecule is CCCCCCCCCCNCc1ccc(C)c(Br)c1. The molecular formula is C18H30BrN. The Morgan fingerprint density at radius 1 is 0.950 bits per heavy atom. The third-order valence-electron chi connectivity index (χ3n) is 3.77. The Kier molecular flexibility index (Phi) is 10.0. The predicted molar refractivity (Wildman–Crippen MR) is 93.2 cm³/mol. The van der Waals surface area contributed by atoms with Crippen molar-refractivity contribution in [1.82, 2.24) is 5.32 Å². The summed E-state index contributed by atoms with van der Waals surface area (Å²) in [6.07, 6.45) is 11.1. The van der Waals surface area contributed by atoms with Gasteiger partial charge in [-0.15, -0.1) is 0 Å². The van der Waals surface area contributed by atoms with Gasteiger partial charge in [0.15, 0.2) is 0 Å². The Bertz CT molecular complexity index is 362. The van der Waals surface area contributed by atoms with Gasteiger partial charge in [-0.25, -0.2) is 0 Å². The minimum Gasteiger partial charge on any atom is -0.313 e. The molecule has 1 aromatic carbocycles. The molecule has 2 heteroatoms. The standard InChI is InChI=1S/C18H30BrN/c1-3-4-5-6-7-8-9-10-13-20-15-17-12-11-16(2)18(19)14-17/h11-12,14,20H,3-10,13,15H2,1-2H3. The summed E-state index contributed by atoms with van der Waals surface area (Å²) < 4.78 is 1.21. The fraction of sp³-hybridized carbons (Fsp3) is 0.667. The molecule has 0 saturated carbocycles. The number of unbranched alkanes of at least 4 members (excludes halogenated alkanes) is 7. The van der Waals surface area contributed by atoms with Crippen LogP contribution >= 0.6 is 15.9 Å². The molecule has 1 nitrogen and oxygen atoms in total. The second-order valence-corrected chi connectivity index (χ2v) is 6.59. The van der Waals surface area contributed by atoms with Gasteiger partial charge in [0.25, 0.3) is 0 Å². The molecule has 0 radical (unpaired) electrons. The van der Waals surface area contributed by atoms with Crippen LogP contribution in [0.15, 0.2) is 22.7 Å². The highest BCUT2D eigenvalue weighted by Gasteiger charge is 1.97. The van der Waals surface area contributed by atoms with Gasteiger partial charge in [-0.3, -0.25) is 0 Å². The summed E-state index contributed by atoms with van der Waals surface area (Å²) in [7, 11) is 0. The molecule has 0 atom stereocenters. The van der Waals surface area contributed by atoms with Crippen molar-refractivity contribution < 1.29 is 0 Å². The average molecular weight is 340 g/mol. The van der Waals surface area contributed by atoms with E-state index < -0.39 is 0 Å². The number of aryl methyl sites for hydroxylation is 1. The molecule has 0 heterocycles. The number of hydrogen-bond donors (Lipinski definition) is 1. The topological polar surface area (TPSA) is 12.0 Å². The molecule has 0 saturated heterocycles. The highest BCUT2D eigenvalue weighted by Crippen LogP contribution is 2.17. The molecule has 0 aliphatic heterocycles. The van der Waals surface area contributed by atoms with E-state index in [4.69, 9.17) is 0 Å². The maximum absolute atomic E-state index is 3.59. The summed E-state index contributed by atoms with van der Waals surface area (Å²) in [5.41, 5.74) is 2.67. The first-order valence-electron chi connectivity index (χ1n) is 8.19. The fourth-order valence-electron chi connectivity index (χ4n) is 2.36. The van der Waals surface area contributed by atoms with Crippen LogP contribution in [0.25, 0.3) is 0 Å². The molecule has 0 aromatic heterocycles. The Morgan fingerprint density at radius 3 is 2.25 bits per heavy atom. The smallest absolute Gasteiger partial charge is 0.0207 e. The van der Waals surface area contributed by atoms with E-state index in [0.717, 1.165) is 13.1 Å². The first-order valence-corrected chi connectivity index (χ1v) is 8.99. The Labute approximate surface area is 133 Å². The molecule has 0 aliphatic carbocycles. The van der Waals surface area contributed by atoms with Crippen LogP contribution in [0.2, 0.25) is 0 Å². The molecule has 1 N–H and O–H groups in total. The van der Waals surface area contributed by atoms with Crippen LogP contribution in [0.5, 0.6) is 0 Å². The van der Waals surface area contributed by atoms with Gasteiger partial charge in [0.1, 0.15) is 0 Å². The highest BCUT2D eigenvalue weighted by molar-refractivity contribution is 9.10. The Hall–Kier alpha value is -0.340. The van der Waals surface area contributed by atoms with E-state index in [0.29, 0.717) is 0 Å². The van der Waals surface area contributed by atoms with E-state index in [1.807, 2.05) is 0 Å². The van der Waals surface area contributed by atoms with E-state index in [2.05, 4.69) is 53.3 Å². The lowest BCUT2D eigenvalue weighted by molar-refractivity contribution is 0.555. The zero-order chi connectivity index (χ0) is 14.6. The van der Waals surface area contributed by atoms with Crippen molar-refractivity contribution in [1.29, 1.82) is 0 Å². The van der Waals surface area contributed by atoms with E-state index in [-0.39, 0.29) is 0 Å². The van der Waals surface area contributed by atoms with Crippen molar-refractivity contribution in [2.24, 2.45) is 0 Å². The molecule has 0 fully saturated rings. The molecule has 0 bridgehead atoms. The molecule has 0 spiro atoms.